The summed E-state index contributed by atoms with van der Waals surface area (Å²) in [6.07, 6.45) is 1.06. The van der Waals surface area contributed by atoms with Crippen LogP contribution >= 0.6 is 34.2 Å². The molecule has 0 nitrogen and oxygen atoms in total. The fraction of sp³-hybridized carbons (Fsp3) is 1.00. The van der Waals surface area contributed by atoms with Crippen molar-refractivity contribution < 1.29 is 0 Å². The first kappa shape index (κ1) is 6.02. The van der Waals surface area contributed by atoms with E-state index in [9.17, 15) is 0 Å². The van der Waals surface area contributed by atoms with E-state index in [1.165, 1.54) is 0 Å². The third-order valence-electron chi connectivity index (χ3n) is 0.309. The summed E-state index contributed by atoms with van der Waals surface area (Å²) >= 11 is 7.62. The predicted molar refractivity (Wildman–Crippen MR) is 34.0 cm³/mol. The standard InChI is InChI=1S/C3H6ClI/c1-2-3(4)5/h3H,2H2,1H3. The van der Waals surface area contributed by atoms with Crippen molar-refractivity contribution in [1.82, 2.24) is 0 Å². The molecule has 0 amide bonds. The third-order valence-corrected chi connectivity index (χ3v) is 1.50. The van der Waals surface area contributed by atoms with Gasteiger partial charge < -0.3 is 0 Å². The molecule has 5 heavy (non-hydrogen) atoms. The SMILES string of the molecule is CCC(Cl)I. The molecule has 0 rings (SSSR count). The minimum absolute atomic E-state index is 0.326. The highest BCUT2D eigenvalue weighted by molar-refractivity contribution is 14.1. The lowest BCUT2D eigenvalue weighted by Crippen LogP contribution is -1.74. The molecule has 0 saturated carbocycles. The maximum atomic E-state index is 5.45. The van der Waals surface area contributed by atoms with Gasteiger partial charge in [0.2, 0.25) is 0 Å². The Morgan fingerprint density at radius 3 is 2.20 bits per heavy atom. The van der Waals surface area contributed by atoms with Gasteiger partial charge in [0.25, 0.3) is 0 Å². The van der Waals surface area contributed by atoms with Crippen LogP contribution in [-0.2, 0) is 0 Å². The van der Waals surface area contributed by atoms with Crippen LogP contribution in [0.15, 0.2) is 0 Å². The zero-order valence-electron chi connectivity index (χ0n) is 3.04. The summed E-state index contributed by atoms with van der Waals surface area (Å²) in [5, 5.41) is 0. The van der Waals surface area contributed by atoms with Crippen LogP contribution in [0.25, 0.3) is 0 Å². The van der Waals surface area contributed by atoms with Crippen molar-refractivity contribution >= 4 is 34.2 Å². The van der Waals surface area contributed by atoms with Crippen LogP contribution in [0.2, 0.25) is 0 Å². The molecule has 0 aromatic rings. The van der Waals surface area contributed by atoms with E-state index >= 15 is 0 Å². The topological polar surface area (TPSA) is 0 Å². The van der Waals surface area contributed by atoms with Gasteiger partial charge in [-0.3, -0.25) is 0 Å². The molecule has 0 spiro atoms. The molecule has 0 fully saturated rings. The quantitative estimate of drug-likeness (QED) is 0.454. The van der Waals surface area contributed by atoms with Crippen LogP contribution in [0, 0.1) is 0 Å². The molecule has 0 radical (unpaired) electrons. The van der Waals surface area contributed by atoms with E-state index in [-0.39, 0.29) is 0 Å². The van der Waals surface area contributed by atoms with E-state index < -0.39 is 0 Å². The van der Waals surface area contributed by atoms with E-state index in [0.717, 1.165) is 6.42 Å². The van der Waals surface area contributed by atoms with Crippen molar-refractivity contribution in [2.45, 2.75) is 16.7 Å². The second-order valence-corrected chi connectivity index (χ2v) is 3.57. The molecule has 1 atom stereocenters. The molecule has 0 N–H and O–H groups in total. The summed E-state index contributed by atoms with van der Waals surface area (Å²) < 4.78 is 0.326. The van der Waals surface area contributed by atoms with Gasteiger partial charge in [-0.05, 0) is 6.42 Å². The van der Waals surface area contributed by atoms with Gasteiger partial charge in [-0.25, -0.2) is 0 Å². The van der Waals surface area contributed by atoms with Gasteiger partial charge in [0.1, 0.15) is 0 Å². The van der Waals surface area contributed by atoms with Gasteiger partial charge in [-0.15, -0.1) is 11.6 Å². The molecule has 0 bridgehead atoms. The lowest BCUT2D eigenvalue weighted by Gasteiger charge is -1.85. The van der Waals surface area contributed by atoms with Crippen LogP contribution in [-0.4, -0.2) is 3.38 Å². The highest BCUT2D eigenvalue weighted by atomic mass is 127. The second-order valence-electron chi connectivity index (χ2n) is 0.799. The van der Waals surface area contributed by atoms with Gasteiger partial charge in [0.05, 0.1) is 3.38 Å². The molecular formula is C3H6ClI. The Morgan fingerprint density at radius 1 is 2.00 bits per heavy atom. The van der Waals surface area contributed by atoms with Crippen LogP contribution in [0.3, 0.4) is 0 Å². The average Bonchev–Trinajstić information content (AvgIpc) is 1.38. The number of halogens is 2. The van der Waals surface area contributed by atoms with Gasteiger partial charge in [-0.2, -0.15) is 0 Å². The van der Waals surface area contributed by atoms with E-state index in [1.54, 1.807) is 0 Å². The fourth-order valence-corrected chi connectivity index (χ4v) is 0. The molecule has 0 aromatic carbocycles. The number of hydrogen-bond donors (Lipinski definition) is 0. The minimum atomic E-state index is 0.326. The van der Waals surface area contributed by atoms with Crippen LogP contribution in [0.4, 0.5) is 0 Å². The largest absolute Gasteiger partial charge is 0.111 e. The van der Waals surface area contributed by atoms with Crippen molar-refractivity contribution in [3.63, 3.8) is 0 Å². The molecule has 0 aromatic heterocycles. The van der Waals surface area contributed by atoms with Crippen molar-refractivity contribution in [2.75, 3.05) is 0 Å². The van der Waals surface area contributed by atoms with Crippen molar-refractivity contribution in [1.29, 1.82) is 0 Å². The summed E-state index contributed by atoms with van der Waals surface area (Å²) in [6, 6.07) is 0. The number of hydrogen-bond acceptors (Lipinski definition) is 0. The molecule has 0 aliphatic carbocycles. The molecular weight excluding hydrogens is 198 g/mol. The molecule has 0 aliphatic rings. The predicted octanol–water partition coefficient (Wildman–Crippen LogP) is 2.40. The number of alkyl halides is 2. The first-order valence-electron chi connectivity index (χ1n) is 1.55. The van der Waals surface area contributed by atoms with Crippen molar-refractivity contribution in [3.8, 4) is 0 Å². The third kappa shape index (κ3) is 5.02. The van der Waals surface area contributed by atoms with E-state index in [0.29, 0.717) is 3.38 Å². The van der Waals surface area contributed by atoms with Crippen LogP contribution < -0.4 is 0 Å². The summed E-state index contributed by atoms with van der Waals surface area (Å²) in [5.41, 5.74) is 0. The lowest BCUT2D eigenvalue weighted by molar-refractivity contribution is 1.07. The van der Waals surface area contributed by atoms with Crippen LogP contribution in [0.5, 0.6) is 0 Å². The Kier molecular flexibility index (Phi) is 3.88. The first-order chi connectivity index (χ1) is 2.27. The molecule has 0 saturated heterocycles. The monoisotopic (exact) mass is 204 g/mol. The zero-order valence-corrected chi connectivity index (χ0v) is 5.95. The van der Waals surface area contributed by atoms with Gasteiger partial charge in [0, 0.05) is 0 Å². The Bertz CT molecular complexity index is 20.9. The Hall–Kier alpha value is 1.02. The Labute approximate surface area is 51.0 Å². The molecule has 0 aliphatic heterocycles. The summed E-state index contributed by atoms with van der Waals surface area (Å²) in [4.78, 5) is 0. The Balaban J connectivity index is 2.54. The summed E-state index contributed by atoms with van der Waals surface area (Å²) in [7, 11) is 0. The molecule has 2 heteroatoms. The minimum Gasteiger partial charge on any atom is -0.111 e. The number of rotatable bonds is 1. The maximum Gasteiger partial charge on any atom is 0.0847 e. The normalized spacial score (nSPS) is 15.0. The van der Waals surface area contributed by atoms with Crippen molar-refractivity contribution in [3.05, 3.63) is 0 Å². The lowest BCUT2D eigenvalue weighted by atomic mass is 10.6. The second kappa shape index (κ2) is 3.22. The zero-order chi connectivity index (χ0) is 4.28. The van der Waals surface area contributed by atoms with E-state index in [1.807, 2.05) is 0 Å². The molecule has 32 valence electrons. The van der Waals surface area contributed by atoms with E-state index in [2.05, 4.69) is 29.5 Å². The van der Waals surface area contributed by atoms with Gasteiger partial charge in [-0.1, -0.05) is 29.5 Å². The molecule has 1 unspecified atom stereocenters. The highest BCUT2D eigenvalue weighted by Crippen LogP contribution is 2.07. The average molecular weight is 204 g/mol. The summed E-state index contributed by atoms with van der Waals surface area (Å²) in [6.45, 7) is 2.06. The van der Waals surface area contributed by atoms with Gasteiger partial charge in [0.15, 0.2) is 0 Å². The smallest absolute Gasteiger partial charge is 0.0847 e. The first-order valence-corrected chi connectivity index (χ1v) is 3.23. The fourth-order valence-electron chi connectivity index (χ4n) is 0. The van der Waals surface area contributed by atoms with Crippen molar-refractivity contribution in [2.24, 2.45) is 0 Å². The summed E-state index contributed by atoms with van der Waals surface area (Å²) in [5.74, 6) is 0. The van der Waals surface area contributed by atoms with Gasteiger partial charge >= 0.3 is 0 Å². The highest BCUT2D eigenvalue weighted by Gasteiger charge is 1.85. The van der Waals surface area contributed by atoms with Crippen LogP contribution in [0.1, 0.15) is 13.3 Å². The maximum absolute atomic E-state index is 5.45. The molecule has 0 heterocycles. The Morgan fingerprint density at radius 2 is 2.20 bits per heavy atom. The van der Waals surface area contributed by atoms with E-state index in [4.69, 9.17) is 11.6 Å².